The Kier molecular flexibility index (Phi) is 6.34. The Bertz CT molecular complexity index is 1090. The van der Waals surface area contributed by atoms with Crippen molar-refractivity contribution in [2.24, 2.45) is 0 Å². The monoisotopic (exact) mass is 411 g/mol. The van der Waals surface area contributed by atoms with E-state index in [1.807, 2.05) is 51.1 Å². The number of halogens is 1. The number of hydrogen-bond donors (Lipinski definition) is 1. The number of anilines is 1. The van der Waals surface area contributed by atoms with Crippen LogP contribution < -0.4 is 15.6 Å². The minimum absolute atomic E-state index is 0.177. The normalized spacial score (nSPS) is 11.7. The summed E-state index contributed by atoms with van der Waals surface area (Å²) in [5.74, 6) is -0.101. The number of rotatable bonds is 6. The van der Waals surface area contributed by atoms with E-state index < -0.39 is 6.10 Å². The second kappa shape index (κ2) is 8.92. The molecule has 2 aromatic carbocycles. The second-order valence-corrected chi connectivity index (χ2v) is 7.11. The second-order valence-electron chi connectivity index (χ2n) is 6.67. The van der Waals surface area contributed by atoms with Crippen LogP contribution in [0.2, 0.25) is 5.02 Å². The fourth-order valence-electron chi connectivity index (χ4n) is 2.83. The molecule has 0 saturated heterocycles. The third kappa shape index (κ3) is 4.84. The standard InChI is InChI=1S/C22H22ClN3O3/c1-4-19(22(28)24-17-8-6-5-7-14(17)2)29-20-11-12-21(27)26(25-20)18-13-16(23)10-9-15(18)3/h5-13,19H,4H2,1-3H3,(H,24,28)/t19-/m1/s1. The molecule has 1 N–H and O–H groups in total. The van der Waals surface area contributed by atoms with Gasteiger partial charge in [0.15, 0.2) is 6.10 Å². The van der Waals surface area contributed by atoms with Gasteiger partial charge in [-0.1, -0.05) is 42.8 Å². The molecule has 0 fully saturated rings. The summed E-state index contributed by atoms with van der Waals surface area (Å²) in [7, 11) is 0. The molecule has 1 aromatic heterocycles. The lowest BCUT2D eigenvalue weighted by Gasteiger charge is -2.18. The number of carbonyl (C=O) groups is 1. The largest absolute Gasteiger partial charge is 0.463 e. The molecule has 0 saturated carbocycles. The van der Waals surface area contributed by atoms with Gasteiger partial charge in [0.2, 0.25) is 5.88 Å². The highest BCUT2D eigenvalue weighted by molar-refractivity contribution is 6.30. The first-order chi connectivity index (χ1) is 13.9. The fourth-order valence-corrected chi connectivity index (χ4v) is 3.00. The average molecular weight is 412 g/mol. The summed E-state index contributed by atoms with van der Waals surface area (Å²) >= 11 is 6.07. The van der Waals surface area contributed by atoms with Crippen LogP contribution in [0.4, 0.5) is 5.69 Å². The number of amides is 1. The predicted molar refractivity (Wildman–Crippen MR) is 114 cm³/mol. The number of hydrogen-bond acceptors (Lipinski definition) is 4. The molecular formula is C22H22ClN3O3. The average Bonchev–Trinajstić information content (AvgIpc) is 2.71. The summed E-state index contributed by atoms with van der Waals surface area (Å²) in [4.78, 5) is 25.0. The summed E-state index contributed by atoms with van der Waals surface area (Å²) < 4.78 is 7.03. The van der Waals surface area contributed by atoms with Crippen LogP contribution >= 0.6 is 11.6 Å². The molecule has 0 aliphatic carbocycles. The number of ether oxygens (including phenoxy) is 1. The highest BCUT2D eigenvalue weighted by Crippen LogP contribution is 2.19. The summed E-state index contributed by atoms with van der Waals surface area (Å²) in [6.45, 7) is 5.62. The van der Waals surface area contributed by atoms with Gasteiger partial charge in [0, 0.05) is 22.8 Å². The van der Waals surface area contributed by atoms with Crippen molar-refractivity contribution in [2.75, 3.05) is 5.32 Å². The van der Waals surface area contributed by atoms with E-state index in [0.717, 1.165) is 16.8 Å². The Balaban J connectivity index is 1.85. The van der Waals surface area contributed by atoms with Crippen LogP contribution in [0.5, 0.6) is 5.88 Å². The number of benzene rings is 2. The number of nitrogens with one attached hydrogen (secondary N) is 1. The Morgan fingerprint density at radius 2 is 1.90 bits per heavy atom. The maximum absolute atomic E-state index is 12.7. The van der Waals surface area contributed by atoms with Crippen molar-refractivity contribution in [3.63, 3.8) is 0 Å². The van der Waals surface area contributed by atoms with Gasteiger partial charge in [-0.15, -0.1) is 5.10 Å². The molecule has 0 spiro atoms. The highest BCUT2D eigenvalue weighted by Gasteiger charge is 2.20. The molecule has 3 rings (SSSR count). The smallest absolute Gasteiger partial charge is 0.271 e. The molecule has 7 heteroatoms. The molecule has 3 aromatic rings. The maximum Gasteiger partial charge on any atom is 0.271 e. The summed E-state index contributed by atoms with van der Waals surface area (Å²) in [5, 5.41) is 7.66. The number of aryl methyl sites for hydroxylation is 2. The zero-order chi connectivity index (χ0) is 21.0. The number of carbonyl (C=O) groups excluding carboxylic acids is 1. The molecule has 29 heavy (non-hydrogen) atoms. The van der Waals surface area contributed by atoms with Gasteiger partial charge in [-0.3, -0.25) is 9.59 Å². The topological polar surface area (TPSA) is 73.2 Å². The number of aromatic nitrogens is 2. The lowest BCUT2D eigenvalue weighted by atomic mass is 10.2. The number of nitrogens with zero attached hydrogens (tertiary/aromatic N) is 2. The summed E-state index contributed by atoms with van der Waals surface area (Å²) in [6.07, 6.45) is -0.317. The minimum atomic E-state index is -0.756. The van der Waals surface area contributed by atoms with Gasteiger partial charge < -0.3 is 10.1 Å². The van der Waals surface area contributed by atoms with Gasteiger partial charge >= 0.3 is 0 Å². The van der Waals surface area contributed by atoms with E-state index in [1.54, 1.807) is 12.1 Å². The maximum atomic E-state index is 12.7. The van der Waals surface area contributed by atoms with Crippen molar-refractivity contribution in [3.8, 4) is 11.6 Å². The zero-order valence-corrected chi connectivity index (χ0v) is 17.2. The molecule has 0 radical (unpaired) electrons. The van der Waals surface area contributed by atoms with Crippen LogP contribution in [-0.4, -0.2) is 21.8 Å². The molecule has 0 aliphatic rings. The lowest BCUT2D eigenvalue weighted by molar-refractivity contribution is -0.123. The first-order valence-corrected chi connectivity index (χ1v) is 9.67. The van der Waals surface area contributed by atoms with E-state index in [9.17, 15) is 9.59 Å². The van der Waals surface area contributed by atoms with Gasteiger partial charge in [0.25, 0.3) is 11.5 Å². The van der Waals surface area contributed by atoms with Gasteiger partial charge in [0.05, 0.1) is 5.69 Å². The van der Waals surface area contributed by atoms with E-state index >= 15 is 0 Å². The van der Waals surface area contributed by atoms with E-state index in [1.165, 1.54) is 16.8 Å². The molecular weight excluding hydrogens is 390 g/mol. The van der Waals surface area contributed by atoms with Gasteiger partial charge in [-0.2, -0.15) is 4.68 Å². The first kappa shape index (κ1) is 20.6. The van der Waals surface area contributed by atoms with E-state index in [0.29, 0.717) is 17.1 Å². The Hall–Kier alpha value is -3.12. The molecule has 150 valence electrons. The van der Waals surface area contributed by atoms with Crippen LogP contribution in [0.3, 0.4) is 0 Å². The summed E-state index contributed by atoms with van der Waals surface area (Å²) in [5.41, 5.74) is 2.77. The zero-order valence-electron chi connectivity index (χ0n) is 16.5. The van der Waals surface area contributed by atoms with Crippen molar-refractivity contribution in [1.29, 1.82) is 0 Å². The van der Waals surface area contributed by atoms with E-state index in [-0.39, 0.29) is 17.3 Å². The Morgan fingerprint density at radius 1 is 1.14 bits per heavy atom. The molecule has 6 nitrogen and oxygen atoms in total. The molecule has 0 unspecified atom stereocenters. The van der Waals surface area contributed by atoms with Crippen molar-refractivity contribution in [2.45, 2.75) is 33.3 Å². The van der Waals surface area contributed by atoms with Gasteiger partial charge in [-0.25, -0.2) is 0 Å². The minimum Gasteiger partial charge on any atom is -0.463 e. The summed E-state index contributed by atoms with van der Waals surface area (Å²) in [6, 6.07) is 15.5. The highest BCUT2D eigenvalue weighted by atomic mass is 35.5. The quantitative estimate of drug-likeness (QED) is 0.656. The third-order valence-electron chi connectivity index (χ3n) is 4.50. The van der Waals surface area contributed by atoms with Crippen LogP contribution in [0.1, 0.15) is 24.5 Å². The van der Waals surface area contributed by atoms with Crippen LogP contribution in [0.25, 0.3) is 5.69 Å². The number of para-hydroxylation sites is 1. The van der Waals surface area contributed by atoms with Crippen molar-refractivity contribution >= 4 is 23.2 Å². The Labute approximate surface area is 174 Å². The van der Waals surface area contributed by atoms with Crippen LogP contribution in [-0.2, 0) is 4.79 Å². The van der Waals surface area contributed by atoms with Gasteiger partial charge in [0.1, 0.15) is 0 Å². The molecule has 1 heterocycles. The lowest BCUT2D eigenvalue weighted by Crippen LogP contribution is -2.33. The first-order valence-electron chi connectivity index (χ1n) is 9.29. The van der Waals surface area contributed by atoms with Crippen LogP contribution in [0, 0.1) is 13.8 Å². The SMILES string of the molecule is CC[C@@H](Oc1ccc(=O)n(-c2cc(Cl)ccc2C)n1)C(=O)Nc1ccccc1C. The van der Waals surface area contributed by atoms with Crippen molar-refractivity contribution in [3.05, 3.63) is 81.1 Å². The van der Waals surface area contributed by atoms with Gasteiger partial charge in [-0.05, 0) is 49.6 Å². The third-order valence-corrected chi connectivity index (χ3v) is 4.74. The molecule has 0 aliphatic heterocycles. The molecule has 1 atom stereocenters. The van der Waals surface area contributed by atoms with Crippen molar-refractivity contribution in [1.82, 2.24) is 9.78 Å². The fraction of sp³-hybridized carbons (Fsp3) is 0.227. The van der Waals surface area contributed by atoms with Crippen LogP contribution in [0.15, 0.2) is 59.4 Å². The van der Waals surface area contributed by atoms with E-state index in [2.05, 4.69) is 10.4 Å². The molecule has 0 bridgehead atoms. The molecule has 1 amide bonds. The van der Waals surface area contributed by atoms with E-state index in [4.69, 9.17) is 16.3 Å². The van der Waals surface area contributed by atoms with Crippen molar-refractivity contribution < 1.29 is 9.53 Å². The predicted octanol–water partition coefficient (Wildman–Crippen LogP) is 4.30. The Morgan fingerprint density at radius 3 is 2.62 bits per heavy atom.